The Labute approximate surface area is 97.6 Å². The normalized spacial score (nSPS) is 9.81. The van der Waals surface area contributed by atoms with Gasteiger partial charge in [0.1, 0.15) is 9.84 Å². The van der Waals surface area contributed by atoms with Crippen LogP contribution >= 0.6 is 0 Å². The van der Waals surface area contributed by atoms with Gasteiger partial charge in [0.25, 0.3) is 0 Å². The molecule has 0 spiro atoms. The van der Waals surface area contributed by atoms with Crippen molar-refractivity contribution in [3.8, 4) is 6.07 Å². The lowest BCUT2D eigenvalue weighted by Gasteiger charge is -1.89. The van der Waals surface area contributed by atoms with Gasteiger partial charge in [-0.05, 0) is 5.56 Å². The Morgan fingerprint density at radius 1 is 1.12 bits per heavy atom. The first-order valence-corrected chi connectivity index (χ1v) is 6.99. The Kier molecular flexibility index (Phi) is 7.23. The first-order chi connectivity index (χ1) is 7.55. The highest BCUT2D eigenvalue weighted by molar-refractivity contribution is 7.91. The Hall–Kier alpha value is -1.34. The molecule has 0 aliphatic rings. The predicted molar refractivity (Wildman–Crippen MR) is 65.8 cm³/mol. The van der Waals surface area contributed by atoms with Gasteiger partial charge in [-0.1, -0.05) is 44.2 Å². The molecule has 0 N–H and O–H groups in total. The van der Waals surface area contributed by atoms with Crippen molar-refractivity contribution in [2.24, 2.45) is 0 Å². The molecule has 88 valence electrons. The summed E-state index contributed by atoms with van der Waals surface area (Å²) in [7, 11) is -2.66. The molecule has 0 saturated heterocycles. The molecule has 0 amide bonds. The SMILES string of the molecule is CCS(=O)(=O)CC.N#CCc1ccccc1. The lowest BCUT2D eigenvalue weighted by Crippen LogP contribution is -2.04. The summed E-state index contributed by atoms with van der Waals surface area (Å²) in [5, 5.41) is 8.27. The number of benzene rings is 1. The summed E-state index contributed by atoms with van der Waals surface area (Å²) in [6, 6.07) is 11.8. The van der Waals surface area contributed by atoms with Gasteiger partial charge in [-0.25, -0.2) is 8.42 Å². The molecular formula is C12H17NO2S. The molecule has 0 atom stereocenters. The van der Waals surface area contributed by atoms with E-state index < -0.39 is 9.84 Å². The van der Waals surface area contributed by atoms with Crippen LogP contribution in [0.15, 0.2) is 30.3 Å². The molecule has 0 fully saturated rings. The zero-order chi connectivity index (χ0) is 12.4. The zero-order valence-corrected chi connectivity index (χ0v) is 10.5. The molecule has 4 heteroatoms. The zero-order valence-electron chi connectivity index (χ0n) is 9.68. The fraction of sp³-hybridized carbons (Fsp3) is 0.417. The van der Waals surface area contributed by atoms with Gasteiger partial charge in [0.15, 0.2) is 0 Å². The van der Waals surface area contributed by atoms with Crippen molar-refractivity contribution >= 4 is 9.84 Å². The van der Waals surface area contributed by atoms with Crippen LogP contribution in [0.25, 0.3) is 0 Å². The maximum atomic E-state index is 10.4. The van der Waals surface area contributed by atoms with Gasteiger partial charge in [0, 0.05) is 11.5 Å². The summed E-state index contributed by atoms with van der Waals surface area (Å²) in [4.78, 5) is 0. The van der Waals surface area contributed by atoms with E-state index in [-0.39, 0.29) is 11.5 Å². The molecule has 0 unspecified atom stereocenters. The highest BCUT2D eigenvalue weighted by Gasteiger charge is 1.99. The third-order valence-corrected chi connectivity index (χ3v) is 3.76. The second-order valence-electron chi connectivity index (χ2n) is 3.14. The number of sulfone groups is 1. The summed E-state index contributed by atoms with van der Waals surface area (Å²) < 4.78 is 20.7. The van der Waals surface area contributed by atoms with E-state index >= 15 is 0 Å². The molecule has 0 heterocycles. The van der Waals surface area contributed by atoms with Gasteiger partial charge >= 0.3 is 0 Å². The fourth-order valence-electron chi connectivity index (χ4n) is 0.891. The lowest BCUT2D eigenvalue weighted by atomic mass is 10.2. The highest BCUT2D eigenvalue weighted by Crippen LogP contribution is 1.97. The molecule has 3 nitrogen and oxygen atoms in total. The molecule has 1 aromatic carbocycles. The van der Waals surface area contributed by atoms with Crippen LogP contribution < -0.4 is 0 Å². The van der Waals surface area contributed by atoms with Crippen LogP contribution in [0.1, 0.15) is 19.4 Å². The average molecular weight is 239 g/mol. The molecule has 0 bridgehead atoms. The van der Waals surface area contributed by atoms with Crippen molar-refractivity contribution in [3.63, 3.8) is 0 Å². The molecule has 0 aliphatic heterocycles. The Bertz CT molecular complexity index is 408. The van der Waals surface area contributed by atoms with E-state index in [4.69, 9.17) is 5.26 Å². The van der Waals surface area contributed by atoms with Gasteiger partial charge in [0.2, 0.25) is 0 Å². The smallest absolute Gasteiger partial charge is 0.149 e. The van der Waals surface area contributed by atoms with Gasteiger partial charge in [0.05, 0.1) is 12.5 Å². The summed E-state index contributed by atoms with van der Waals surface area (Å²) in [5.74, 6) is 0.535. The van der Waals surface area contributed by atoms with E-state index in [1.807, 2.05) is 30.3 Å². The Morgan fingerprint density at radius 2 is 1.62 bits per heavy atom. The average Bonchev–Trinajstić information content (AvgIpc) is 2.32. The maximum absolute atomic E-state index is 10.4. The van der Waals surface area contributed by atoms with E-state index in [0.717, 1.165) is 5.56 Å². The van der Waals surface area contributed by atoms with E-state index in [9.17, 15) is 8.42 Å². The van der Waals surface area contributed by atoms with Gasteiger partial charge < -0.3 is 0 Å². The van der Waals surface area contributed by atoms with Crippen LogP contribution in [-0.2, 0) is 16.3 Å². The van der Waals surface area contributed by atoms with Crippen molar-refractivity contribution in [1.82, 2.24) is 0 Å². The Balaban J connectivity index is 0.000000293. The largest absolute Gasteiger partial charge is 0.229 e. The lowest BCUT2D eigenvalue weighted by molar-refractivity contribution is 0.598. The second kappa shape index (κ2) is 7.89. The van der Waals surface area contributed by atoms with E-state index in [2.05, 4.69) is 6.07 Å². The second-order valence-corrected chi connectivity index (χ2v) is 5.78. The third kappa shape index (κ3) is 7.02. The van der Waals surface area contributed by atoms with E-state index in [1.165, 1.54) is 0 Å². The first kappa shape index (κ1) is 14.7. The van der Waals surface area contributed by atoms with Crippen molar-refractivity contribution in [2.75, 3.05) is 11.5 Å². The topological polar surface area (TPSA) is 57.9 Å². The molecule has 0 radical (unpaired) electrons. The minimum absolute atomic E-state index is 0.267. The van der Waals surface area contributed by atoms with Gasteiger partial charge in [-0.2, -0.15) is 5.26 Å². The molecule has 0 saturated carbocycles. The van der Waals surface area contributed by atoms with Gasteiger partial charge in [-0.15, -0.1) is 0 Å². The van der Waals surface area contributed by atoms with Crippen LogP contribution in [0, 0.1) is 11.3 Å². The standard InChI is InChI=1S/C8H7N.C4H10O2S/c9-7-6-8-4-2-1-3-5-8;1-3-7(5,6)4-2/h1-5H,6H2;3-4H2,1-2H3. The molecule has 0 aliphatic carbocycles. The quantitative estimate of drug-likeness (QED) is 0.812. The first-order valence-electron chi connectivity index (χ1n) is 5.17. The van der Waals surface area contributed by atoms with Crippen molar-refractivity contribution in [1.29, 1.82) is 5.26 Å². The van der Waals surface area contributed by atoms with Crippen LogP contribution in [0.3, 0.4) is 0 Å². The molecule has 1 rings (SSSR count). The van der Waals surface area contributed by atoms with Crippen LogP contribution in [0.5, 0.6) is 0 Å². The number of hydrogen-bond acceptors (Lipinski definition) is 3. The molecule has 16 heavy (non-hydrogen) atoms. The van der Waals surface area contributed by atoms with Crippen LogP contribution in [-0.4, -0.2) is 19.9 Å². The van der Waals surface area contributed by atoms with Crippen LogP contribution in [0.4, 0.5) is 0 Å². The third-order valence-electron chi connectivity index (χ3n) is 2.01. The summed E-state index contributed by atoms with van der Waals surface area (Å²) >= 11 is 0. The fourth-order valence-corrected chi connectivity index (χ4v) is 1.30. The minimum Gasteiger partial charge on any atom is -0.229 e. The molecule has 0 aromatic heterocycles. The van der Waals surface area contributed by atoms with E-state index in [1.54, 1.807) is 13.8 Å². The number of rotatable bonds is 3. The summed E-state index contributed by atoms with van der Waals surface area (Å²) in [6.07, 6.45) is 0.515. The molecule has 1 aromatic rings. The number of nitrogens with zero attached hydrogens (tertiary/aromatic N) is 1. The highest BCUT2D eigenvalue weighted by atomic mass is 32.2. The van der Waals surface area contributed by atoms with Gasteiger partial charge in [-0.3, -0.25) is 0 Å². The van der Waals surface area contributed by atoms with E-state index in [0.29, 0.717) is 6.42 Å². The maximum Gasteiger partial charge on any atom is 0.149 e. The predicted octanol–water partition coefficient (Wildman–Crippen LogP) is 2.19. The van der Waals surface area contributed by atoms with Crippen molar-refractivity contribution < 1.29 is 8.42 Å². The minimum atomic E-state index is -2.66. The summed E-state index contributed by atoms with van der Waals surface area (Å²) in [6.45, 7) is 3.30. The summed E-state index contributed by atoms with van der Waals surface area (Å²) in [5.41, 5.74) is 1.08. The van der Waals surface area contributed by atoms with Crippen LogP contribution in [0.2, 0.25) is 0 Å². The molecular weight excluding hydrogens is 222 g/mol. The number of hydrogen-bond donors (Lipinski definition) is 0. The Morgan fingerprint density at radius 3 is 1.94 bits per heavy atom. The monoisotopic (exact) mass is 239 g/mol. The van der Waals surface area contributed by atoms with Crippen molar-refractivity contribution in [3.05, 3.63) is 35.9 Å². The van der Waals surface area contributed by atoms with Crippen molar-refractivity contribution in [2.45, 2.75) is 20.3 Å². The number of nitriles is 1.